The number of nitrogens with zero attached hydrogens (tertiary/aromatic N) is 3. The zero-order valence-electron chi connectivity index (χ0n) is 24.1. The van der Waals surface area contributed by atoms with Gasteiger partial charge in [0.1, 0.15) is 11.5 Å². The molecule has 3 heterocycles. The number of aromatic nitrogens is 2. The van der Waals surface area contributed by atoms with E-state index in [2.05, 4.69) is 97.9 Å². The molecule has 0 spiro atoms. The molecule has 1 fully saturated rings. The summed E-state index contributed by atoms with van der Waals surface area (Å²) in [4.78, 5) is 6.96. The van der Waals surface area contributed by atoms with Crippen LogP contribution in [0.4, 0.5) is 5.69 Å². The van der Waals surface area contributed by atoms with Crippen LogP contribution in [-0.4, -0.2) is 14.7 Å². The van der Waals surface area contributed by atoms with Gasteiger partial charge < -0.3 is 19.5 Å². The van der Waals surface area contributed by atoms with Crippen molar-refractivity contribution < 1.29 is 4.74 Å². The highest BCUT2D eigenvalue weighted by Crippen LogP contribution is 2.44. The number of benzene rings is 3. The van der Waals surface area contributed by atoms with Crippen molar-refractivity contribution in [1.29, 1.82) is 0 Å². The van der Waals surface area contributed by atoms with Crippen molar-refractivity contribution in [3.63, 3.8) is 0 Å². The predicted molar refractivity (Wildman–Crippen MR) is 170 cm³/mol. The number of thiocarbonyl (C=S) groups is 1. The molecule has 2 atom stereocenters. The number of ether oxygens (including phenoxy) is 1. The molecular weight excluding hydrogens is 524 g/mol. The maximum atomic E-state index is 6.18. The Hall–Kier alpha value is -4.42. The van der Waals surface area contributed by atoms with Crippen molar-refractivity contribution in [2.24, 2.45) is 0 Å². The van der Waals surface area contributed by atoms with Gasteiger partial charge in [0.05, 0.1) is 17.8 Å². The van der Waals surface area contributed by atoms with Crippen LogP contribution < -0.4 is 15.0 Å². The molecule has 206 valence electrons. The average molecular weight is 559 g/mol. The van der Waals surface area contributed by atoms with Crippen LogP contribution >= 0.6 is 12.2 Å². The quantitative estimate of drug-likeness (QED) is 0.212. The Balaban J connectivity index is 1.43. The van der Waals surface area contributed by atoms with Crippen LogP contribution in [0.25, 0.3) is 5.69 Å². The predicted octanol–water partition coefficient (Wildman–Crippen LogP) is 8.38. The first-order chi connectivity index (χ1) is 19.8. The van der Waals surface area contributed by atoms with E-state index in [9.17, 15) is 0 Å². The van der Waals surface area contributed by atoms with Gasteiger partial charge in [-0.05, 0) is 124 Å². The van der Waals surface area contributed by atoms with Gasteiger partial charge in [0, 0.05) is 29.0 Å². The molecule has 0 amide bonds. The lowest BCUT2D eigenvalue weighted by Gasteiger charge is -2.28. The van der Waals surface area contributed by atoms with Gasteiger partial charge in [0.25, 0.3) is 0 Å². The average Bonchev–Trinajstić information content (AvgIpc) is 3.47. The van der Waals surface area contributed by atoms with Gasteiger partial charge in [-0.2, -0.15) is 0 Å². The second-order valence-corrected chi connectivity index (χ2v) is 11.2. The van der Waals surface area contributed by atoms with Gasteiger partial charge in [-0.25, -0.2) is 0 Å². The molecule has 6 heteroatoms. The van der Waals surface area contributed by atoms with Gasteiger partial charge in [-0.15, -0.1) is 0 Å². The monoisotopic (exact) mass is 558 g/mol. The lowest BCUT2D eigenvalue weighted by atomic mass is 9.96. The molecule has 1 saturated heterocycles. The van der Waals surface area contributed by atoms with E-state index in [1.165, 1.54) is 33.8 Å². The van der Waals surface area contributed by atoms with Crippen LogP contribution in [0, 0.1) is 34.6 Å². The number of anilines is 1. The maximum Gasteiger partial charge on any atom is 0.174 e. The zero-order valence-corrected chi connectivity index (χ0v) is 24.9. The van der Waals surface area contributed by atoms with E-state index in [0.29, 0.717) is 5.11 Å². The third-order valence-electron chi connectivity index (χ3n) is 7.93. The molecule has 3 aromatic carbocycles. The van der Waals surface area contributed by atoms with Crippen LogP contribution in [-0.2, 0) is 0 Å². The fourth-order valence-corrected chi connectivity index (χ4v) is 6.19. The normalized spacial score (nSPS) is 16.6. The Morgan fingerprint density at radius 1 is 0.805 bits per heavy atom. The maximum absolute atomic E-state index is 6.18. The summed E-state index contributed by atoms with van der Waals surface area (Å²) in [6, 6.07) is 31.0. The summed E-state index contributed by atoms with van der Waals surface area (Å²) in [5, 5.41) is 4.28. The van der Waals surface area contributed by atoms with E-state index < -0.39 is 0 Å². The fourth-order valence-electron chi connectivity index (χ4n) is 5.84. The molecule has 5 nitrogen and oxygen atoms in total. The molecular formula is C35H34N4OS. The van der Waals surface area contributed by atoms with Gasteiger partial charge in [0.2, 0.25) is 0 Å². The first-order valence-corrected chi connectivity index (χ1v) is 14.3. The molecule has 0 radical (unpaired) electrons. The van der Waals surface area contributed by atoms with Crippen molar-refractivity contribution in [3.8, 4) is 17.2 Å². The summed E-state index contributed by atoms with van der Waals surface area (Å²) in [6.07, 6.45) is 1.84. The fraction of sp³-hybridized carbons (Fsp3) is 0.200. The highest BCUT2D eigenvalue weighted by atomic mass is 32.1. The SMILES string of the molecule is Cc1ccc(C)c(-n2c(C)cc([C@H]3[C@@H](c4ccccn4)NC(=S)N3c3ccc(Oc4ccccc4C)cc3)c2C)c1. The Morgan fingerprint density at radius 2 is 1.56 bits per heavy atom. The van der Waals surface area contributed by atoms with Crippen LogP contribution in [0.5, 0.6) is 11.5 Å². The molecule has 5 aromatic rings. The number of nitrogens with one attached hydrogen (secondary N) is 1. The first-order valence-electron chi connectivity index (χ1n) is 13.9. The standard InChI is InChI=1S/C35H34N4OS/c1-22-13-14-23(2)31(20-22)38-25(4)21-29(26(38)5)34-33(30-11-8-9-19-36-30)37-35(41)39(34)27-15-17-28(18-16-27)40-32-12-7-6-10-24(32)3/h6-21,33-34H,1-5H3,(H,37,41)/t33-,34+/m1/s1. The lowest BCUT2D eigenvalue weighted by molar-refractivity contribution is 0.479. The number of rotatable bonds is 6. The number of pyridine rings is 1. The summed E-state index contributed by atoms with van der Waals surface area (Å²) >= 11 is 5.99. The largest absolute Gasteiger partial charge is 0.457 e. The van der Waals surface area contributed by atoms with E-state index in [4.69, 9.17) is 21.9 Å². The Bertz CT molecular complexity index is 1730. The first kappa shape index (κ1) is 26.8. The molecule has 1 aliphatic rings. The smallest absolute Gasteiger partial charge is 0.174 e. The highest BCUT2D eigenvalue weighted by molar-refractivity contribution is 7.80. The van der Waals surface area contributed by atoms with Crippen LogP contribution in [0.2, 0.25) is 0 Å². The van der Waals surface area contributed by atoms with Gasteiger partial charge in [-0.3, -0.25) is 4.98 Å². The topological polar surface area (TPSA) is 42.3 Å². The van der Waals surface area contributed by atoms with E-state index in [1.807, 2.05) is 48.7 Å². The van der Waals surface area contributed by atoms with E-state index >= 15 is 0 Å². The highest BCUT2D eigenvalue weighted by Gasteiger charge is 2.42. The van der Waals surface area contributed by atoms with E-state index in [1.54, 1.807) is 0 Å². The third-order valence-corrected chi connectivity index (χ3v) is 8.24. The van der Waals surface area contributed by atoms with Crippen molar-refractivity contribution >= 4 is 23.0 Å². The van der Waals surface area contributed by atoms with Crippen LogP contribution in [0.15, 0.2) is 97.2 Å². The van der Waals surface area contributed by atoms with E-state index in [0.717, 1.165) is 28.4 Å². The summed E-state index contributed by atoms with van der Waals surface area (Å²) in [5.74, 6) is 1.64. The minimum Gasteiger partial charge on any atom is -0.457 e. The lowest BCUT2D eigenvalue weighted by Crippen LogP contribution is -2.29. The van der Waals surface area contributed by atoms with Gasteiger partial charge in [0.15, 0.2) is 5.11 Å². The van der Waals surface area contributed by atoms with E-state index in [-0.39, 0.29) is 12.1 Å². The number of aryl methyl sites for hydroxylation is 4. The summed E-state index contributed by atoms with van der Waals surface area (Å²) < 4.78 is 8.55. The Morgan fingerprint density at radius 3 is 2.29 bits per heavy atom. The third kappa shape index (κ3) is 5.00. The Kier molecular flexibility index (Phi) is 7.10. The second-order valence-electron chi connectivity index (χ2n) is 10.8. The number of para-hydroxylation sites is 1. The number of hydrogen-bond acceptors (Lipinski definition) is 3. The van der Waals surface area contributed by atoms with Crippen molar-refractivity contribution in [3.05, 3.63) is 137 Å². The van der Waals surface area contributed by atoms with Crippen LogP contribution in [0.1, 0.15) is 51.4 Å². The summed E-state index contributed by atoms with van der Waals surface area (Å²) in [7, 11) is 0. The van der Waals surface area contributed by atoms with Crippen molar-refractivity contribution in [1.82, 2.24) is 14.9 Å². The number of hydrogen-bond donors (Lipinski definition) is 1. The van der Waals surface area contributed by atoms with Gasteiger partial charge in [-0.1, -0.05) is 36.4 Å². The minimum absolute atomic E-state index is 0.0920. The minimum atomic E-state index is -0.112. The van der Waals surface area contributed by atoms with Crippen molar-refractivity contribution in [2.45, 2.75) is 46.7 Å². The molecule has 1 aliphatic heterocycles. The molecule has 0 aliphatic carbocycles. The van der Waals surface area contributed by atoms with Gasteiger partial charge >= 0.3 is 0 Å². The zero-order chi connectivity index (χ0) is 28.7. The Labute approximate surface area is 247 Å². The molecule has 6 rings (SSSR count). The summed E-state index contributed by atoms with van der Waals surface area (Å²) in [6.45, 7) is 10.7. The molecule has 0 unspecified atom stereocenters. The molecule has 41 heavy (non-hydrogen) atoms. The molecule has 1 N–H and O–H groups in total. The molecule has 0 saturated carbocycles. The van der Waals surface area contributed by atoms with Crippen molar-refractivity contribution in [2.75, 3.05) is 4.90 Å². The second kappa shape index (κ2) is 10.9. The van der Waals surface area contributed by atoms with Crippen LogP contribution in [0.3, 0.4) is 0 Å². The molecule has 2 aromatic heterocycles. The summed E-state index contributed by atoms with van der Waals surface area (Å²) in [5.41, 5.74) is 10.3. The molecule has 0 bridgehead atoms.